The zero-order valence-electron chi connectivity index (χ0n) is 49.7. The number of aliphatic hydroxyl groups is 2. The molecule has 3 N–H and O–H groups in total. The number of aliphatic hydroxyl groups excluding tert-OH is 2. The van der Waals surface area contributed by atoms with Crippen molar-refractivity contribution >= 4 is 5.91 Å². The van der Waals surface area contributed by atoms with Crippen LogP contribution in [0, 0.1) is 0 Å². The summed E-state index contributed by atoms with van der Waals surface area (Å²) < 4.78 is 0. The summed E-state index contributed by atoms with van der Waals surface area (Å²) in [5, 5.41) is 23.4. The lowest BCUT2D eigenvalue weighted by Crippen LogP contribution is -2.45. The van der Waals surface area contributed by atoms with Gasteiger partial charge in [0.25, 0.3) is 0 Å². The largest absolute Gasteiger partial charge is 0.394 e. The van der Waals surface area contributed by atoms with Crippen LogP contribution in [0.15, 0.2) is 12.2 Å². The van der Waals surface area contributed by atoms with Gasteiger partial charge >= 0.3 is 0 Å². The van der Waals surface area contributed by atoms with E-state index in [9.17, 15) is 15.0 Å². The summed E-state index contributed by atoms with van der Waals surface area (Å²) in [6.45, 7) is 4.41. The van der Waals surface area contributed by atoms with Gasteiger partial charge in [0.1, 0.15) is 0 Å². The van der Waals surface area contributed by atoms with Crippen molar-refractivity contribution in [3.8, 4) is 0 Å². The fraction of sp³-hybridized carbons (Fsp3) is 0.956. The van der Waals surface area contributed by atoms with E-state index in [0.29, 0.717) is 12.8 Å². The van der Waals surface area contributed by atoms with E-state index in [1.165, 1.54) is 347 Å². The normalized spacial score (nSPS) is 12.7. The third-order valence-corrected chi connectivity index (χ3v) is 16.3. The summed E-state index contributed by atoms with van der Waals surface area (Å²) in [6, 6.07) is -0.534. The minimum atomic E-state index is -0.657. The fourth-order valence-electron chi connectivity index (χ4n) is 11.1. The number of carbonyl (C=O) groups excluding carboxylic acids is 1. The van der Waals surface area contributed by atoms with Crippen molar-refractivity contribution in [3.05, 3.63) is 12.2 Å². The van der Waals surface area contributed by atoms with Gasteiger partial charge in [-0.05, 0) is 38.5 Å². The lowest BCUT2D eigenvalue weighted by atomic mass is 10.0. The number of allylic oxidation sites excluding steroid dienone is 2. The topological polar surface area (TPSA) is 69.6 Å². The van der Waals surface area contributed by atoms with E-state index in [-0.39, 0.29) is 12.5 Å². The number of rotatable bonds is 64. The lowest BCUT2D eigenvalue weighted by Gasteiger charge is -2.22. The SMILES string of the molecule is CCCCCCCCCC/C=C\CCCCCCCCCCCCCCCCCCCCCCCCCC(=O)NC(CO)C(O)CCCCCCCCCCCCCCCCCCCCCCCCCCC. The van der Waals surface area contributed by atoms with Crippen LogP contribution < -0.4 is 5.32 Å². The summed E-state index contributed by atoms with van der Waals surface area (Å²) in [4.78, 5) is 12.5. The number of nitrogens with one attached hydrogen (secondary N) is 1. The molecule has 0 saturated heterocycles. The van der Waals surface area contributed by atoms with Gasteiger partial charge in [0.2, 0.25) is 5.91 Å². The molecule has 4 nitrogen and oxygen atoms in total. The molecule has 4 heteroatoms. The van der Waals surface area contributed by atoms with Crippen LogP contribution in [0.25, 0.3) is 0 Å². The number of carbonyl (C=O) groups is 1. The minimum absolute atomic E-state index is 0.0208. The summed E-state index contributed by atoms with van der Waals surface area (Å²) in [7, 11) is 0. The van der Waals surface area contributed by atoms with E-state index >= 15 is 0 Å². The number of hydrogen-bond donors (Lipinski definition) is 3. The van der Waals surface area contributed by atoms with Crippen LogP contribution in [0.5, 0.6) is 0 Å². The van der Waals surface area contributed by atoms with Crippen LogP contribution in [0.1, 0.15) is 399 Å². The summed E-state index contributed by atoms with van der Waals surface area (Å²) in [5.74, 6) is -0.0208. The van der Waals surface area contributed by atoms with E-state index in [1.54, 1.807) is 0 Å². The molecule has 0 aromatic carbocycles. The zero-order valence-corrected chi connectivity index (χ0v) is 49.7. The van der Waals surface area contributed by atoms with Gasteiger partial charge in [0, 0.05) is 6.42 Å². The fourth-order valence-corrected chi connectivity index (χ4v) is 11.1. The first-order chi connectivity index (χ1) is 35.7. The molecule has 0 aliphatic carbocycles. The van der Waals surface area contributed by atoms with Gasteiger partial charge in [0.15, 0.2) is 0 Å². The van der Waals surface area contributed by atoms with Crippen LogP contribution in [0.3, 0.4) is 0 Å². The van der Waals surface area contributed by atoms with Crippen LogP contribution >= 0.6 is 0 Å². The number of hydrogen-bond acceptors (Lipinski definition) is 3. The average molecular weight is 1010 g/mol. The van der Waals surface area contributed by atoms with Gasteiger partial charge < -0.3 is 15.5 Å². The van der Waals surface area contributed by atoms with Gasteiger partial charge in [-0.2, -0.15) is 0 Å². The van der Waals surface area contributed by atoms with Crippen molar-refractivity contribution < 1.29 is 15.0 Å². The van der Waals surface area contributed by atoms with E-state index in [4.69, 9.17) is 0 Å². The third-order valence-electron chi connectivity index (χ3n) is 16.3. The van der Waals surface area contributed by atoms with Crippen molar-refractivity contribution in [2.45, 2.75) is 411 Å². The highest BCUT2D eigenvalue weighted by atomic mass is 16.3. The second-order valence-electron chi connectivity index (χ2n) is 23.6. The zero-order chi connectivity index (χ0) is 52.0. The Morgan fingerprint density at radius 1 is 0.319 bits per heavy atom. The second-order valence-corrected chi connectivity index (χ2v) is 23.6. The van der Waals surface area contributed by atoms with Crippen molar-refractivity contribution in [2.75, 3.05) is 6.61 Å². The highest BCUT2D eigenvalue weighted by Gasteiger charge is 2.20. The quantitative estimate of drug-likeness (QED) is 0.0420. The first-order valence-corrected chi connectivity index (χ1v) is 33.9. The van der Waals surface area contributed by atoms with Crippen molar-refractivity contribution in [1.82, 2.24) is 5.32 Å². The molecule has 0 aliphatic heterocycles. The summed E-state index contributed by atoms with van der Waals surface area (Å²) in [6.07, 6.45) is 85.5. The van der Waals surface area contributed by atoms with Crippen molar-refractivity contribution in [1.29, 1.82) is 0 Å². The maximum atomic E-state index is 12.5. The first-order valence-electron chi connectivity index (χ1n) is 33.9. The second kappa shape index (κ2) is 64.4. The minimum Gasteiger partial charge on any atom is -0.394 e. The van der Waals surface area contributed by atoms with Crippen LogP contribution in [-0.2, 0) is 4.79 Å². The summed E-state index contributed by atoms with van der Waals surface area (Å²) in [5.41, 5.74) is 0. The average Bonchev–Trinajstić information content (AvgIpc) is 3.39. The molecule has 72 heavy (non-hydrogen) atoms. The Kier molecular flexibility index (Phi) is 63.6. The molecule has 0 aliphatic rings. The lowest BCUT2D eigenvalue weighted by molar-refractivity contribution is -0.123. The van der Waals surface area contributed by atoms with Crippen LogP contribution in [-0.4, -0.2) is 34.9 Å². The Labute approximate surface area is 454 Å². The maximum absolute atomic E-state index is 12.5. The van der Waals surface area contributed by atoms with Gasteiger partial charge in [-0.25, -0.2) is 0 Å². The van der Waals surface area contributed by atoms with Crippen LogP contribution in [0.4, 0.5) is 0 Å². The monoisotopic (exact) mass is 1010 g/mol. The molecule has 0 rings (SSSR count). The molecule has 0 aromatic rings. The Hall–Kier alpha value is -0.870. The third kappa shape index (κ3) is 60.0. The molecule has 0 radical (unpaired) electrons. The molecule has 2 unspecified atom stereocenters. The first kappa shape index (κ1) is 71.1. The molecule has 0 heterocycles. The Bertz CT molecular complexity index is 1010. The molecule has 430 valence electrons. The van der Waals surface area contributed by atoms with Gasteiger partial charge in [0.05, 0.1) is 18.8 Å². The molecule has 2 atom stereocenters. The number of amides is 1. The molecular weight excluding hydrogens is 879 g/mol. The van der Waals surface area contributed by atoms with E-state index in [2.05, 4.69) is 31.3 Å². The molecule has 0 saturated carbocycles. The Morgan fingerprint density at radius 2 is 0.528 bits per heavy atom. The van der Waals surface area contributed by atoms with Crippen LogP contribution in [0.2, 0.25) is 0 Å². The molecule has 0 spiro atoms. The highest BCUT2D eigenvalue weighted by Crippen LogP contribution is 2.19. The molecule has 0 fully saturated rings. The Balaban J connectivity index is 3.37. The maximum Gasteiger partial charge on any atom is 0.220 e. The Morgan fingerprint density at radius 3 is 0.764 bits per heavy atom. The van der Waals surface area contributed by atoms with E-state index in [1.807, 2.05) is 0 Å². The summed E-state index contributed by atoms with van der Waals surface area (Å²) >= 11 is 0. The van der Waals surface area contributed by atoms with Gasteiger partial charge in [-0.15, -0.1) is 0 Å². The molecule has 1 amide bonds. The van der Waals surface area contributed by atoms with E-state index < -0.39 is 12.1 Å². The highest BCUT2D eigenvalue weighted by molar-refractivity contribution is 5.76. The van der Waals surface area contributed by atoms with Crippen molar-refractivity contribution in [3.63, 3.8) is 0 Å². The van der Waals surface area contributed by atoms with Gasteiger partial charge in [-0.3, -0.25) is 4.79 Å². The van der Waals surface area contributed by atoms with E-state index in [0.717, 1.165) is 25.7 Å². The molecule has 0 aromatic heterocycles. The van der Waals surface area contributed by atoms with Gasteiger partial charge in [-0.1, -0.05) is 366 Å². The smallest absolute Gasteiger partial charge is 0.220 e. The predicted molar refractivity (Wildman–Crippen MR) is 323 cm³/mol. The molecule has 0 bridgehead atoms. The standard InChI is InChI=1S/C68H135NO3/c1-3-5-7-9-11-13-15-17-19-21-23-25-27-29-30-31-32-33-34-35-36-37-38-40-42-44-46-48-50-52-54-56-58-60-62-64-68(72)69-66(65-70)67(71)63-61-59-57-55-53-51-49-47-45-43-41-39-28-26-24-22-20-18-16-14-12-10-8-6-4-2/h21,23,66-67,70-71H,3-20,22,24-65H2,1-2H3,(H,69,72)/b23-21-. The number of unbranched alkanes of at least 4 members (excludes halogenated alkanes) is 55. The van der Waals surface area contributed by atoms with Crippen molar-refractivity contribution in [2.24, 2.45) is 0 Å². The molecular formula is C68H135NO3. The predicted octanol–water partition coefficient (Wildman–Crippen LogP) is 22.8.